The molecule has 0 amide bonds. The van der Waals surface area contributed by atoms with E-state index in [9.17, 15) is 13.2 Å². The van der Waals surface area contributed by atoms with Gasteiger partial charge < -0.3 is 14.9 Å². The van der Waals surface area contributed by atoms with Crippen molar-refractivity contribution in [1.29, 1.82) is 0 Å². The predicted molar refractivity (Wildman–Crippen MR) is 51.2 cm³/mol. The molecule has 1 rings (SSSR count). The number of carbonyl (C=O) groups is 1. The van der Waals surface area contributed by atoms with E-state index in [1.807, 2.05) is 0 Å². The molecule has 1 unspecified atom stereocenters. The second-order valence-electron chi connectivity index (χ2n) is 3.17. The lowest BCUT2D eigenvalue weighted by atomic mass is 10.0. The van der Waals surface area contributed by atoms with Crippen molar-refractivity contribution >= 4 is 5.97 Å². The van der Waals surface area contributed by atoms with Crippen LogP contribution in [-0.4, -0.2) is 54.3 Å². The van der Waals surface area contributed by atoms with Gasteiger partial charge in [0.15, 0.2) is 0 Å². The summed E-state index contributed by atoms with van der Waals surface area (Å²) in [6, 6.07) is 0. The van der Waals surface area contributed by atoms with Gasteiger partial charge >= 0.3 is 12.1 Å². The lowest BCUT2D eigenvalue weighted by Crippen LogP contribution is -2.55. The van der Waals surface area contributed by atoms with Crippen LogP contribution < -0.4 is 5.32 Å². The van der Waals surface area contributed by atoms with Gasteiger partial charge in [0.2, 0.25) is 0 Å². The van der Waals surface area contributed by atoms with Crippen LogP contribution >= 0.6 is 0 Å². The molecule has 8 heteroatoms. The van der Waals surface area contributed by atoms with Crippen LogP contribution in [0.15, 0.2) is 0 Å². The molecule has 17 heavy (non-hydrogen) atoms. The van der Waals surface area contributed by atoms with Crippen molar-refractivity contribution in [2.45, 2.75) is 11.7 Å². The summed E-state index contributed by atoms with van der Waals surface area (Å²) in [6.07, 6.45) is 0.113. The molecule has 1 atom stereocenters. The number of nitrogens with one attached hydrogen (secondary N) is 1. The molecule has 0 spiro atoms. The molecule has 0 saturated carbocycles. The van der Waals surface area contributed by atoms with E-state index in [1.165, 1.54) is 0 Å². The number of alkyl halides is 3. The average Bonchev–Trinajstić information content (AvgIpc) is 2.29. The quantitative estimate of drug-likeness (QED) is 0.556. The molecule has 0 aromatic carbocycles. The molecular formula is C9H12F3NO4. The van der Waals surface area contributed by atoms with Gasteiger partial charge in [0.05, 0.1) is 19.8 Å². The van der Waals surface area contributed by atoms with Gasteiger partial charge in [-0.25, -0.2) is 4.79 Å². The normalized spacial score (nSPS) is 24.2. The number of carboxylic acids is 1. The summed E-state index contributed by atoms with van der Waals surface area (Å²) in [5.41, 5.74) is -0.627. The molecule has 98 valence electrons. The number of aliphatic carboxylic acids is 1. The zero-order valence-corrected chi connectivity index (χ0v) is 8.75. The fourth-order valence-electron chi connectivity index (χ4n) is 0.900. The highest BCUT2D eigenvalue weighted by Gasteiger charge is 2.38. The Morgan fingerprint density at radius 1 is 1.59 bits per heavy atom. The van der Waals surface area contributed by atoms with Gasteiger partial charge in [0.25, 0.3) is 0 Å². The van der Waals surface area contributed by atoms with E-state index in [-0.39, 0.29) is 6.61 Å². The molecule has 5 nitrogen and oxygen atoms in total. The van der Waals surface area contributed by atoms with Crippen molar-refractivity contribution in [3.05, 3.63) is 0 Å². The van der Waals surface area contributed by atoms with E-state index in [0.717, 1.165) is 0 Å². The smallest absolute Gasteiger partial charge is 0.475 e. The Hall–Kier alpha value is -1.30. The van der Waals surface area contributed by atoms with Gasteiger partial charge in [0.1, 0.15) is 5.54 Å². The largest absolute Gasteiger partial charge is 0.490 e. The molecule has 0 radical (unpaired) electrons. The third-order valence-corrected chi connectivity index (χ3v) is 1.85. The van der Waals surface area contributed by atoms with Gasteiger partial charge in [-0.15, -0.1) is 6.42 Å². The second kappa shape index (κ2) is 6.44. The van der Waals surface area contributed by atoms with Crippen molar-refractivity contribution < 1.29 is 32.9 Å². The fraction of sp³-hybridized carbons (Fsp3) is 0.667. The molecule has 0 aromatic heterocycles. The Kier molecular flexibility index (Phi) is 5.95. The van der Waals surface area contributed by atoms with Crippen molar-refractivity contribution in [2.24, 2.45) is 0 Å². The molecule has 3 N–H and O–H groups in total. The fourth-order valence-corrected chi connectivity index (χ4v) is 0.900. The number of aliphatic hydroxyl groups excluding tert-OH is 1. The first kappa shape index (κ1) is 15.7. The Morgan fingerprint density at radius 3 is 2.29 bits per heavy atom. The van der Waals surface area contributed by atoms with Crippen LogP contribution in [0, 0.1) is 12.3 Å². The van der Waals surface area contributed by atoms with Crippen LogP contribution in [-0.2, 0) is 9.53 Å². The Morgan fingerprint density at radius 2 is 2.12 bits per heavy atom. The van der Waals surface area contributed by atoms with E-state index >= 15 is 0 Å². The minimum atomic E-state index is -5.08. The third-order valence-electron chi connectivity index (χ3n) is 1.85. The zero-order valence-electron chi connectivity index (χ0n) is 8.75. The summed E-state index contributed by atoms with van der Waals surface area (Å²) >= 11 is 0. The average molecular weight is 255 g/mol. The first-order valence-corrected chi connectivity index (χ1v) is 4.49. The minimum absolute atomic E-state index is 0.0660. The van der Waals surface area contributed by atoms with E-state index in [1.54, 1.807) is 0 Å². The van der Waals surface area contributed by atoms with Crippen LogP contribution in [0.4, 0.5) is 13.2 Å². The molecule has 0 aromatic rings. The topological polar surface area (TPSA) is 78.8 Å². The van der Waals surface area contributed by atoms with Gasteiger partial charge in [0, 0.05) is 6.54 Å². The first-order chi connectivity index (χ1) is 7.77. The third kappa shape index (κ3) is 5.53. The van der Waals surface area contributed by atoms with Crippen LogP contribution in [0.3, 0.4) is 0 Å². The Balaban J connectivity index is 0.000000325. The number of ether oxygens (including phenoxy) is 1. The van der Waals surface area contributed by atoms with E-state index in [0.29, 0.717) is 19.8 Å². The Labute approximate surface area is 95.6 Å². The van der Waals surface area contributed by atoms with Gasteiger partial charge in [-0.05, 0) is 0 Å². The Bertz CT molecular complexity index is 292. The molecule has 1 aliphatic heterocycles. The number of rotatable bonds is 1. The maximum Gasteiger partial charge on any atom is 0.490 e. The second-order valence-corrected chi connectivity index (χ2v) is 3.17. The number of aliphatic hydroxyl groups is 1. The number of halogens is 3. The summed E-state index contributed by atoms with van der Waals surface area (Å²) in [7, 11) is 0. The number of hydrogen-bond donors (Lipinski definition) is 3. The maximum absolute atomic E-state index is 10.6. The molecule has 1 heterocycles. The lowest BCUT2D eigenvalue weighted by Gasteiger charge is -2.31. The van der Waals surface area contributed by atoms with Crippen LogP contribution in [0.1, 0.15) is 0 Å². The highest BCUT2D eigenvalue weighted by molar-refractivity contribution is 5.73. The van der Waals surface area contributed by atoms with E-state index in [4.69, 9.17) is 26.2 Å². The summed E-state index contributed by atoms with van der Waals surface area (Å²) in [6.45, 7) is 1.72. The molecule has 1 saturated heterocycles. The van der Waals surface area contributed by atoms with Crippen molar-refractivity contribution in [3.8, 4) is 12.3 Å². The van der Waals surface area contributed by atoms with Gasteiger partial charge in [-0.3, -0.25) is 5.32 Å². The summed E-state index contributed by atoms with van der Waals surface area (Å²) in [5.74, 6) is -0.276. The van der Waals surface area contributed by atoms with Gasteiger partial charge in [-0.1, -0.05) is 5.92 Å². The standard InChI is InChI=1S/C7H11NO2.C2HF3O2/c1-2-7(5-9)6-10-4-3-8-7;3-2(4,5)1(6)7/h1,8-9H,3-6H2;(H,6,7). The van der Waals surface area contributed by atoms with Crippen molar-refractivity contribution in [1.82, 2.24) is 5.32 Å². The first-order valence-electron chi connectivity index (χ1n) is 4.49. The van der Waals surface area contributed by atoms with Crippen LogP contribution in [0.5, 0.6) is 0 Å². The molecule has 1 aliphatic rings. The number of hydrogen-bond acceptors (Lipinski definition) is 4. The van der Waals surface area contributed by atoms with E-state index in [2.05, 4.69) is 11.2 Å². The van der Waals surface area contributed by atoms with Crippen LogP contribution in [0.25, 0.3) is 0 Å². The molecule has 1 fully saturated rings. The van der Waals surface area contributed by atoms with Crippen molar-refractivity contribution in [3.63, 3.8) is 0 Å². The zero-order chi connectivity index (χ0) is 13.5. The number of terminal acetylenes is 1. The molecular weight excluding hydrogens is 243 g/mol. The SMILES string of the molecule is C#CC1(CO)COCCN1.O=C(O)C(F)(F)F. The lowest BCUT2D eigenvalue weighted by molar-refractivity contribution is -0.192. The summed E-state index contributed by atoms with van der Waals surface area (Å²) in [5, 5.41) is 19.0. The van der Waals surface area contributed by atoms with Gasteiger partial charge in [-0.2, -0.15) is 13.2 Å². The minimum Gasteiger partial charge on any atom is -0.475 e. The van der Waals surface area contributed by atoms with Crippen molar-refractivity contribution in [2.75, 3.05) is 26.4 Å². The maximum atomic E-state index is 10.6. The highest BCUT2D eigenvalue weighted by atomic mass is 19.4. The number of carboxylic acid groups (broad SMARTS) is 1. The highest BCUT2D eigenvalue weighted by Crippen LogP contribution is 2.13. The summed E-state index contributed by atoms with van der Waals surface area (Å²) < 4.78 is 36.8. The van der Waals surface area contributed by atoms with Crippen LogP contribution in [0.2, 0.25) is 0 Å². The monoisotopic (exact) mass is 255 g/mol. The molecule has 0 bridgehead atoms. The predicted octanol–water partition coefficient (Wildman–Crippen LogP) is -0.396. The molecule has 0 aliphatic carbocycles. The summed E-state index contributed by atoms with van der Waals surface area (Å²) in [4.78, 5) is 8.90. The van der Waals surface area contributed by atoms with E-state index < -0.39 is 17.7 Å². The number of morpholine rings is 1.